The fourth-order valence-corrected chi connectivity index (χ4v) is 5.00. The molecule has 2 aromatic heterocycles. The van der Waals surface area contributed by atoms with Crippen molar-refractivity contribution < 1.29 is 26.4 Å². The lowest BCUT2D eigenvalue weighted by Gasteiger charge is -2.32. The molecule has 0 spiro atoms. The van der Waals surface area contributed by atoms with Crippen LogP contribution in [0.25, 0.3) is 5.65 Å². The molecule has 1 unspecified atom stereocenters. The number of pyridine rings is 1. The largest absolute Gasteiger partial charge is 0.417 e. The van der Waals surface area contributed by atoms with E-state index in [1.165, 1.54) is 34.7 Å². The van der Waals surface area contributed by atoms with Crippen LogP contribution in [-0.4, -0.2) is 53.5 Å². The molecule has 3 heterocycles. The summed E-state index contributed by atoms with van der Waals surface area (Å²) in [7, 11) is -3.62. The zero-order chi connectivity index (χ0) is 23.8. The van der Waals surface area contributed by atoms with Crippen molar-refractivity contribution in [1.82, 2.24) is 24.2 Å². The van der Waals surface area contributed by atoms with Gasteiger partial charge in [0.1, 0.15) is 5.82 Å². The zero-order valence-electron chi connectivity index (χ0n) is 17.7. The van der Waals surface area contributed by atoms with Crippen LogP contribution in [0.3, 0.4) is 0 Å². The quantitative estimate of drug-likeness (QED) is 0.604. The van der Waals surface area contributed by atoms with Gasteiger partial charge in [0.05, 0.1) is 10.5 Å². The normalized spacial score (nSPS) is 17.5. The minimum absolute atomic E-state index is 0.0628. The lowest BCUT2D eigenvalue weighted by atomic mass is 9.96. The first-order chi connectivity index (χ1) is 15.6. The SMILES string of the molecule is CCNS(=O)(=O)c1ccc(C(=O)N2CCCC(c3nnc4ccc(C(F)(F)F)cn34)C2)cc1. The summed E-state index contributed by atoms with van der Waals surface area (Å²) in [4.78, 5) is 14.7. The zero-order valence-corrected chi connectivity index (χ0v) is 18.5. The highest BCUT2D eigenvalue weighted by atomic mass is 32.2. The summed E-state index contributed by atoms with van der Waals surface area (Å²) in [6, 6.07) is 7.89. The number of likely N-dealkylation sites (tertiary alicyclic amines) is 1. The lowest BCUT2D eigenvalue weighted by molar-refractivity contribution is -0.137. The number of amides is 1. The highest BCUT2D eigenvalue weighted by Crippen LogP contribution is 2.31. The molecule has 0 saturated carbocycles. The summed E-state index contributed by atoms with van der Waals surface area (Å²) in [5.41, 5.74) is -0.164. The highest BCUT2D eigenvalue weighted by Gasteiger charge is 2.33. The van der Waals surface area contributed by atoms with Crippen molar-refractivity contribution in [2.45, 2.75) is 36.8 Å². The number of fused-ring (bicyclic) bond motifs is 1. The van der Waals surface area contributed by atoms with Gasteiger partial charge in [-0.15, -0.1) is 10.2 Å². The molecule has 12 heteroatoms. The van der Waals surface area contributed by atoms with E-state index in [1.807, 2.05) is 0 Å². The molecular formula is C21H22F3N5O3S. The molecule has 1 aliphatic heterocycles. The highest BCUT2D eigenvalue weighted by molar-refractivity contribution is 7.89. The molecule has 1 aromatic carbocycles. The maximum absolute atomic E-state index is 13.1. The van der Waals surface area contributed by atoms with Crippen molar-refractivity contribution >= 4 is 21.6 Å². The van der Waals surface area contributed by atoms with E-state index < -0.39 is 21.8 Å². The number of hydrogen-bond donors (Lipinski definition) is 1. The predicted octanol–water partition coefficient (Wildman–Crippen LogP) is 3.07. The maximum atomic E-state index is 13.1. The molecule has 1 N–H and O–H groups in total. The Balaban J connectivity index is 1.55. The van der Waals surface area contributed by atoms with Gasteiger partial charge in [-0.2, -0.15) is 13.2 Å². The minimum atomic E-state index is -4.49. The number of carbonyl (C=O) groups is 1. The predicted molar refractivity (Wildman–Crippen MR) is 113 cm³/mol. The Hall–Kier alpha value is -2.99. The fraction of sp³-hybridized carbons (Fsp3) is 0.381. The topological polar surface area (TPSA) is 96.7 Å². The number of nitrogens with one attached hydrogen (secondary N) is 1. The number of carbonyl (C=O) groups excluding carboxylic acids is 1. The molecular weight excluding hydrogens is 459 g/mol. The smallest absolute Gasteiger partial charge is 0.338 e. The first-order valence-corrected chi connectivity index (χ1v) is 11.9. The maximum Gasteiger partial charge on any atom is 0.417 e. The molecule has 176 valence electrons. The van der Waals surface area contributed by atoms with E-state index in [0.29, 0.717) is 36.4 Å². The monoisotopic (exact) mass is 481 g/mol. The van der Waals surface area contributed by atoms with E-state index in [2.05, 4.69) is 14.9 Å². The number of piperidine rings is 1. The van der Waals surface area contributed by atoms with Crippen molar-refractivity contribution in [3.8, 4) is 0 Å². The lowest BCUT2D eigenvalue weighted by Crippen LogP contribution is -2.39. The molecule has 1 atom stereocenters. The summed E-state index contributed by atoms with van der Waals surface area (Å²) in [6.07, 6.45) is -2.20. The van der Waals surface area contributed by atoms with Gasteiger partial charge in [0.15, 0.2) is 5.65 Å². The van der Waals surface area contributed by atoms with Crippen LogP contribution in [0.1, 0.15) is 47.4 Å². The van der Waals surface area contributed by atoms with E-state index in [0.717, 1.165) is 12.3 Å². The van der Waals surface area contributed by atoms with Crippen molar-refractivity contribution in [1.29, 1.82) is 0 Å². The average molecular weight is 482 g/mol. The van der Waals surface area contributed by atoms with Gasteiger partial charge in [0.25, 0.3) is 5.91 Å². The van der Waals surface area contributed by atoms with Crippen LogP contribution in [0.15, 0.2) is 47.5 Å². The second-order valence-corrected chi connectivity index (χ2v) is 9.58. The van der Waals surface area contributed by atoms with Crippen molar-refractivity contribution in [2.75, 3.05) is 19.6 Å². The number of halogens is 3. The van der Waals surface area contributed by atoms with Gasteiger partial charge in [-0.1, -0.05) is 6.92 Å². The molecule has 1 saturated heterocycles. The Morgan fingerprint density at radius 1 is 1.15 bits per heavy atom. The molecule has 33 heavy (non-hydrogen) atoms. The summed E-state index contributed by atoms with van der Waals surface area (Å²) in [5.74, 6) is -0.188. The second-order valence-electron chi connectivity index (χ2n) is 7.82. The van der Waals surface area contributed by atoms with Crippen molar-refractivity contribution in [3.63, 3.8) is 0 Å². The van der Waals surface area contributed by atoms with Crippen LogP contribution in [0.2, 0.25) is 0 Å². The van der Waals surface area contributed by atoms with E-state index in [4.69, 9.17) is 0 Å². The van der Waals surface area contributed by atoms with Crippen molar-refractivity contribution in [2.24, 2.45) is 0 Å². The fourth-order valence-electron chi connectivity index (χ4n) is 3.96. The minimum Gasteiger partial charge on any atom is -0.338 e. The number of benzene rings is 1. The van der Waals surface area contributed by atoms with Crippen LogP contribution < -0.4 is 4.72 Å². The number of hydrogen-bond acceptors (Lipinski definition) is 5. The van der Waals surface area contributed by atoms with Gasteiger partial charge >= 0.3 is 6.18 Å². The first-order valence-electron chi connectivity index (χ1n) is 10.4. The van der Waals surface area contributed by atoms with E-state index >= 15 is 0 Å². The van der Waals surface area contributed by atoms with E-state index in [-0.39, 0.29) is 29.8 Å². The standard InChI is InChI=1S/C21H22F3N5O3S/c1-2-25-33(31,32)17-8-5-14(6-9-17)20(30)28-11-3-4-15(12-28)19-27-26-18-10-7-16(13-29(18)19)21(22,23)24/h5-10,13,15,25H,2-4,11-12H2,1H3. The molecule has 0 radical (unpaired) electrons. The molecule has 8 nitrogen and oxygen atoms in total. The number of aromatic nitrogens is 3. The van der Waals surface area contributed by atoms with Crippen LogP contribution in [0, 0.1) is 0 Å². The number of sulfonamides is 1. The van der Waals surface area contributed by atoms with Crippen LogP contribution >= 0.6 is 0 Å². The van der Waals surface area contributed by atoms with Gasteiger partial charge in [-0.3, -0.25) is 9.20 Å². The van der Waals surface area contributed by atoms with Gasteiger partial charge < -0.3 is 4.90 Å². The average Bonchev–Trinajstić information content (AvgIpc) is 3.21. The molecule has 4 rings (SSSR count). The van der Waals surface area contributed by atoms with Gasteiger partial charge in [-0.05, 0) is 49.2 Å². The Morgan fingerprint density at radius 3 is 2.55 bits per heavy atom. The number of alkyl halides is 3. The summed E-state index contributed by atoms with van der Waals surface area (Å²) >= 11 is 0. The molecule has 1 amide bonds. The Bertz CT molecular complexity index is 1270. The molecule has 0 aliphatic carbocycles. The second kappa shape index (κ2) is 8.75. The third-order valence-corrected chi connectivity index (χ3v) is 7.14. The summed E-state index contributed by atoms with van der Waals surface area (Å²) in [6.45, 7) is 2.68. The van der Waals surface area contributed by atoms with Crippen molar-refractivity contribution in [3.05, 3.63) is 59.5 Å². The molecule has 1 fully saturated rings. The summed E-state index contributed by atoms with van der Waals surface area (Å²) < 4.78 is 67.4. The van der Waals surface area contributed by atoms with E-state index in [1.54, 1.807) is 11.8 Å². The van der Waals surface area contributed by atoms with Crippen LogP contribution in [0.4, 0.5) is 13.2 Å². The number of nitrogens with zero attached hydrogens (tertiary/aromatic N) is 4. The molecule has 3 aromatic rings. The summed E-state index contributed by atoms with van der Waals surface area (Å²) in [5, 5.41) is 8.07. The Labute approximate surface area is 188 Å². The third kappa shape index (κ3) is 4.71. The van der Waals surface area contributed by atoms with Gasteiger partial charge in [-0.25, -0.2) is 13.1 Å². The third-order valence-electron chi connectivity index (χ3n) is 5.58. The van der Waals surface area contributed by atoms with Crippen LogP contribution in [-0.2, 0) is 16.2 Å². The molecule has 1 aliphatic rings. The Morgan fingerprint density at radius 2 is 1.88 bits per heavy atom. The first kappa shape index (κ1) is 23.2. The number of rotatable bonds is 5. The van der Waals surface area contributed by atoms with Gasteiger partial charge in [0, 0.05) is 37.3 Å². The van der Waals surface area contributed by atoms with E-state index in [9.17, 15) is 26.4 Å². The molecule has 0 bridgehead atoms. The van der Waals surface area contributed by atoms with Crippen LogP contribution in [0.5, 0.6) is 0 Å². The Kier molecular flexibility index (Phi) is 6.14. The van der Waals surface area contributed by atoms with Gasteiger partial charge in [0.2, 0.25) is 10.0 Å².